The molecule has 2 aromatic rings. The van der Waals surface area contributed by atoms with Crippen LogP contribution >= 0.6 is 0 Å². The molecule has 1 N–H and O–H groups in total. The number of nitrogens with one attached hydrogen (secondary N) is 1. The van der Waals surface area contributed by atoms with E-state index in [9.17, 15) is 4.79 Å². The van der Waals surface area contributed by atoms with E-state index in [-0.39, 0.29) is 12.5 Å². The van der Waals surface area contributed by atoms with Gasteiger partial charge in [-0.3, -0.25) is 4.79 Å². The fourth-order valence-corrected chi connectivity index (χ4v) is 1.60. The fraction of sp³-hybridized carbons (Fsp3) is 0.231. The van der Waals surface area contributed by atoms with Crippen LogP contribution in [0.15, 0.2) is 36.0 Å². The van der Waals surface area contributed by atoms with Gasteiger partial charge in [-0.1, -0.05) is 0 Å². The van der Waals surface area contributed by atoms with E-state index in [1.165, 1.54) is 23.6 Å². The van der Waals surface area contributed by atoms with Gasteiger partial charge < -0.3 is 9.47 Å². The summed E-state index contributed by atoms with van der Waals surface area (Å²) in [6, 6.07) is 5.30. The molecule has 8 nitrogen and oxygen atoms in total. The number of hydrazone groups is 1. The van der Waals surface area contributed by atoms with Crippen molar-refractivity contribution in [2.24, 2.45) is 5.10 Å². The quantitative estimate of drug-likeness (QED) is 0.615. The van der Waals surface area contributed by atoms with Crippen molar-refractivity contribution in [2.75, 3.05) is 14.2 Å². The second-order valence-corrected chi connectivity index (χ2v) is 3.99. The van der Waals surface area contributed by atoms with Crippen molar-refractivity contribution in [2.45, 2.75) is 6.54 Å². The van der Waals surface area contributed by atoms with Crippen LogP contribution in [0.2, 0.25) is 0 Å². The average Bonchev–Trinajstić information content (AvgIpc) is 3.00. The van der Waals surface area contributed by atoms with E-state index in [1.54, 1.807) is 32.4 Å². The first-order valence-electron chi connectivity index (χ1n) is 6.09. The Labute approximate surface area is 121 Å². The van der Waals surface area contributed by atoms with Gasteiger partial charge in [0.1, 0.15) is 30.7 Å². The number of nitrogens with zero attached hydrogens (tertiary/aromatic N) is 4. The van der Waals surface area contributed by atoms with Crippen LogP contribution in [0.1, 0.15) is 5.56 Å². The molecule has 110 valence electrons. The van der Waals surface area contributed by atoms with Gasteiger partial charge in [0.05, 0.1) is 20.4 Å². The maximum Gasteiger partial charge on any atom is 0.261 e. The van der Waals surface area contributed by atoms with E-state index in [2.05, 4.69) is 20.6 Å². The van der Waals surface area contributed by atoms with Gasteiger partial charge in [0.2, 0.25) is 0 Å². The number of carbonyl (C=O) groups is 1. The molecule has 0 atom stereocenters. The van der Waals surface area contributed by atoms with E-state index < -0.39 is 0 Å². The predicted octanol–water partition coefficient (Wildman–Crippen LogP) is 0.446. The maximum atomic E-state index is 11.6. The lowest BCUT2D eigenvalue weighted by Gasteiger charge is -2.06. The summed E-state index contributed by atoms with van der Waals surface area (Å²) in [5.41, 5.74) is 3.13. The third-order valence-corrected chi connectivity index (χ3v) is 2.61. The molecule has 1 heterocycles. The molecule has 0 saturated carbocycles. The molecule has 0 aliphatic carbocycles. The molecule has 0 fully saturated rings. The summed E-state index contributed by atoms with van der Waals surface area (Å²) in [5, 5.41) is 7.71. The molecular weight excluding hydrogens is 274 g/mol. The minimum atomic E-state index is -0.302. The fourth-order valence-electron chi connectivity index (χ4n) is 1.60. The van der Waals surface area contributed by atoms with Gasteiger partial charge in [-0.15, -0.1) is 0 Å². The van der Waals surface area contributed by atoms with E-state index in [4.69, 9.17) is 9.47 Å². The molecule has 21 heavy (non-hydrogen) atoms. The number of methoxy groups -OCH3 is 2. The van der Waals surface area contributed by atoms with Gasteiger partial charge in [-0.2, -0.15) is 10.2 Å². The molecule has 1 aromatic heterocycles. The number of carbonyl (C=O) groups excluding carboxylic acids is 1. The van der Waals surface area contributed by atoms with Crippen LogP contribution in [0, 0.1) is 0 Å². The van der Waals surface area contributed by atoms with Gasteiger partial charge >= 0.3 is 0 Å². The predicted molar refractivity (Wildman–Crippen MR) is 75.3 cm³/mol. The van der Waals surface area contributed by atoms with Gasteiger partial charge in [-0.05, 0) is 12.1 Å². The molecule has 8 heteroatoms. The molecule has 1 amide bonds. The summed E-state index contributed by atoms with van der Waals surface area (Å²) in [4.78, 5) is 15.3. The van der Waals surface area contributed by atoms with Crippen LogP contribution < -0.4 is 14.9 Å². The summed E-state index contributed by atoms with van der Waals surface area (Å²) >= 11 is 0. The van der Waals surface area contributed by atoms with Gasteiger partial charge in [0.25, 0.3) is 5.91 Å². The Hall–Kier alpha value is -2.90. The normalized spacial score (nSPS) is 10.6. The van der Waals surface area contributed by atoms with E-state index >= 15 is 0 Å². The lowest BCUT2D eigenvalue weighted by Crippen LogP contribution is -2.23. The number of ether oxygens (including phenoxy) is 2. The highest BCUT2D eigenvalue weighted by molar-refractivity contribution is 5.85. The Kier molecular flexibility index (Phi) is 4.86. The molecule has 0 spiro atoms. The number of hydrogen-bond acceptors (Lipinski definition) is 6. The van der Waals surface area contributed by atoms with Crippen LogP contribution in [-0.2, 0) is 11.3 Å². The van der Waals surface area contributed by atoms with Crippen molar-refractivity contribution in [3.63, 3.8) is 0 Å². The highest BCUT2D eigenvalue weighted by atomic mass is 16.5. The second kappa shape index (κ2) is 7.04. The third-order valence-electron chi connectivity index (χ3n) is 2.61. The minimum Gasteiger partial charge on any atom is -0.497 e. The van der Waals surface area contributed by atoms with Crippen LogP contribution in [0.5, 0.6) is 11.5 Å². The molecule has 1 aromatic carbocycles. The highest BCUT2D eigenvalue weighted by Gasteiger charge is 2.04. The molecule has 0 radical (unpaired) electrons. The summed E-state index contributed by atoms with van der Waals surface area (Å²) in [6.45, 7) is 0.0527. The van der Waals surface area contributed by atoms with Crippen LogP contribution in [0.25, 0.3) is 0 Å². The molecule has 2 rings (SSSR count). The molecule has 0 aliphatic rings. The Morgan fingerprint density at radius 3 is 2.95 bits per heavy atom. The van der Waals surface area contributed by atoms with Crippen molar-refractivity contribution >= 4 is 12.1 Å². The Morgan fingerprint density at radius 2 is 2.29 bits per heavy atom. The summed E-state index contributed by atoms with van der Waals surface area (Å²) in [7, 11) is 3.13. The SMILES string of the molecule is COc1ccc(C=NNC(=O)Cn2cncn2)c(OC)c1. The maximum absolute atomic E-state index is 11.6. The third kappa shape index (κ3) is 4.03. The van der Waals surface area contributed by atoms with Crippen LogP contribution in [0.4, 0.5) is 0 Å². The molecule has 0 bridgehead atoms. The van der Waals surface area contributed by atoms with Gasteiger partial charge in [0.15, 0.2) is 0 Å². The van der Waals surface area contributed by atoms with Crippen molar-refractivity contribution in [3.8, 4) is 11.5 Å². The van der Waals surface area contributed by atoms with Crippen molar-refractivity contribution in [1.82, 2.24) is 20.2 Å². The van der Waals surface area contributed by atoms with Gasteiger partial charge in [0, 0.05) is 11.6 Å². The van der Waals surface area contributed by atoms with Crippen LogP contribution in [0.3, 0.4) is 0 Å². The zero-order valence-electron chi connectivity index (χ0n) is 11.7. The monoisotopic (exact) mass is 289 g/mol. The molecule has 0 saturated heterocycles. The zero-order valence-corrected chi connectivity index (χ0v) is 11.7. The zero-order chi connectivity index (χ0) is 15.1. The lowest BCUT2D eigenvalue weighted by molar-refractivity contribution is -0.121. The molecule has 0 aliphatic heterocycles. The summed E-state index contributed by atoms with van der Waals surface area (Å²) in [6.07, 6.45) is 4.31. The molecule has 0 unspecified atom stereocenters. The number of rotatable bonds is 6. The first kappa shape index (κ1) is 14.5. The average molecular weight is 289 g/mol. The van der Waals surface area contributed by atoms with Crippen molar-refractivity contribution < 1.29 is 14.3 Å². The first-order valence-corrected chi connectivity index (χ1v) is 6.09. The van der Waals surface area contributed by atoms with E-state index in [0.29, 0.717) is 11.5 Å². The number of amides is 1. The number of benzene rings is 1. The number of hydrogen-bond donors (Lipinski definition) is 1. The summed E-state index contributed by atoms with van der Waals surface area (Å²) < 4.78 is 11.7. The highest BCUT2D eigenvalue weighted by Crippen LogP contribution is 2.22. The van der Waals surface area contributed by atoms with Gasteiger partial charge in [-0.25, -0.2) is 15.1 Å². The largest absolute Gasteiger partial charge is 0.497 e. The Bertz CT molecular complexity index is 625. The Morgan fingerprint density at radius 1 is 1.43 bits per heavy atom. The van der Waals surface area contributed by atoms with Crippen molar-refractivity contribution in [3.05, 3.63) is 36.4 Å². The van der Waals surface area contributed by atoms with Crippen molar-refractivity contribution in [1.29, 1.82) is 0 Å². The minimum absolute atomic E-state index is 0.0527. The lowest BCUT2D eigenvalue weighted by atomic mass is 10.2. The standard InChI is InChI=1S/C13H15N5O3/c1-20-11-4-3-10(12(5-11)21-2)6-15-17-13(19)7-18-9-14-8-16-18/h3-6,8-9H,7H2,1-2H3,(H,17,19). The smallest absolute Gasteiger partial charge is 0.261 e. The molecular formula is C13H15N5O3. The first-order chi connectivity index (χ1) is 10.2. The summed E-state index contributed by atoms with van der Waals surface area (Å²) in [5.74, 6) is 0.979. The van der Waals surface area contributed by atoms with E-state index in [1.807, 2.05) is 0 Å². The number of aromatic nitrogens is 3. The van der Waals surface area contributed by atoms with Crippen LogP contribution in [-0.4, -0.2) is 41.1 Å². The second-order valence-electron chi connectivity index (χ2n) is 3.99. The topological polar surface area (TPSA) is 90.6 Å². The van der Waals surface area contributed by atoms with E-state index in [0.717, 1.165) is 5.56 Å². The Balaban J connectivity index is 1.96.